The van der Waals surface area contributed by atoms with Crippen LogP contribution in [-0.4, -0.2) is 36.7 Å². The van der Waals surface area contributed by atoms with Gasteiger partial charge in [-0.15, -0.1) is 0 Å². The quantitative estimate of drug-likeness (QED) is 0.871. The van der Waals surface area contributed by atoms with Crippen molar-refractivity contribution in [3.05, 3.63) is 24.3 Å². The molecule has 19 heavy (non-hydrogen) atoms. The van der Waals surface area contributed by atoms with Crippen molar-refractivity contribution in [2.24, 2.45) is 0 Å². The highest BCUT2D eigenvalue weighted by molar-refractivity contribution is 7.22. The Morgan fingerprint density at radius 3 is 3.00 bits per heavy atom. The topological polar surface area (TPSA) is 63.2 Å². The summed E-state index contributed by atoms with van der Waals surface area (Å²) < 4.78 is 6.16. The third-order valence-corrected chi connectivity index (χ3v) is 3.92. The Bertz CT molecular complexity index is 547. The van der Waals surface area contributed by atoms with E-state index in [1.54, 1.807) is 11.3 Å². The molecule has 2 N–H and O–H groups in total. The lowest BCUT2D eigenvalue weighted by Crippen LogP contribution is -2.48. The molecule has 0 unspecified atom stereocenters. The molecule has 0 bridgehead atoms. The van der Waals surface area contributed by atoms with Crippen LogP contribution in [0.5, 0.6) is 0 Å². The van der Waals surface area contributed by atoms with Crippen molar-refractivity contribution >= 4 is 32.6 Å². The normalized spacial score (nSPS) is 15.2. The molecule has 5 nitrogen and oxygen atoms in total. The van der Waals surface area contributed by atoms with Gasteiger partial charge in [-0.05, 0) is 12.1 Å². The van der Waals surface area contributed by atoms with Crippen molar-refractivity contribution in [1.82, 2.24) is 10.3 Å². The monoisotopic (exact) mass is 277 g/mol. The fraction of sp³-hybridized carbons (Fsp3) is 0.385. The molecule has 3 rings (SSSR count). The van der Waals surface area contributed by atoms with Crippen LogP contribution < -0.4 is 10.6 Å². The molecule has 2 aromatic rings. The summed E-state index contributed by atoms with van der Waals surface area (Å²) in [5.74, 6) is 0.0573. The SMILES string of the molecule is O=C(CCNc1nc2ccccc2s1)NC1COC1. The van der Waals surface area contributed by atoms with E-state index in [1.165, 1.54) is 0 Å². The Morgan fingerprint density at radius 1 is 1.42 bits per heavy atom. The number of hydrogen-bond acceptors (Lipinski definition) is 5. The summed E-state index contributed by atoms with van der Waals surface area (Å²) in [5.41, 5.74) is 0.992. The average molecular weight is 277 g/mol. The van der Waals surface area contributed by atoms with Gasteiger partial charge in [0.2, 0.25) is 5.91 Å². The molecular weight excluding hydrogens is 262 g/mol. The van der Waals surface area contributed by atoms with Gasteiger partial charge in [0.25, 0.3) is 0 Å². The largest absolute Gasteiger partial charge is 0.377 e. The van der Waals surface area contributed by atoms with Gasteiger partial charge in [0, 0.05) is 13.0 Å². The number of amides is 1. The third kappa shape index (κ3) is 3.02. The molecule has 1 aliphatic heterocycles. The first-order chi connectivity index (χ1) is 9.31. The first-order valence-electron chi connectivity index (χ1n) is 6.28. The molecule has 0 spiro atoms. The molecule has 0 saturated carbocycles. The Kier molecular flexibility index (Phi) is 3.61. The van der Waals surface area contributed by atoms with Crippen LogP contribution in [0.15, 0.2) is 24.3 Å². The van der Waals surface area contributed by atoms with E-state index in [0.29, 0.717) is 26.2 Å². The van der Waals surface area contributed by atoms with Crippen LogP contribution in [0.25, 0.3) is 10.2 Å². The highest BCUT2D eigenvalue weighted by Crippen LogP contribution is 2.25. The summed E-state index contributed by atoms with van der Waals surface area (Å²) in [4.78, 5) is 16.0. The van der Waals surface area contributed by atoms with Crippen LogP contribution in [0.4, 0.5) is 5.13 Å². The lowest BCUT2D eigenvalue weighted by molar-refractivity contribution is -0.124. The van der Waals surface area contributed by atoms with Crippen LogP contribution in [0.1, 0.15) is 6.42 Å². The highest BCUT2D eigenvalue weighted by atomic mass is 32.1. The van der Waals surface area contributed by atoms with Gasteiger partial charge < -0.3 is 15.4 Å². The Morgan fingerprint density at radius 2 is 2.26 bits per heavy atom. The van der Waals surface area contributed by atoms with Gasteiger partial charge in [0.15, 0.2) is 5.13 Å². The summed E-state index contributed by atoms with van der Waals surface area (Å²) in [6.07, 6.45) is 0.451. The first-order valence-corrected chi connectivity index (χ1v) is 7.09. The van der Waals surface area contributed by atoms with Gasteiger partial charge in [0.05, 0.1) is 29.5 Å². The molecule has 0 atom stereocenters. The smallest absolute Gasteiger partial charge is 0.222 e. The molecule has 1 amide bonds. The van der Waals surface area contributed by atoms with E-state index in [4.69, 9.17) is 4.74 Å². The average Bonchev–Trinajstić information content (AvgIpc) is 2.76. The van der Waals surface area contributed by atoms with Crippen LogP contribution in [0.3, 0.4) is 0 Å². The molecule has 1 saturated heterocycles. The second kappa shape index (κ2) is 5.54. The minimum atomic E-state index is 0.0573. The van der Waals surface area contributed by atoms with Crippen molar-refractivity contribution in [3.8, 4) is 0 Å². The molecular formula is C13H15N3O2S. The number of anilines is 1. The first kappa shape index (κ1) is 12.4. The number of rotatable bonds is 5. The molecule has 2 heterocycles. The Hall–Kier alpha value is -1.66. The zero-order valence-electron chi connectivity index (χ0n) is 10.4. The van der Waals surface area contributed by atoms with Gasteiger partial charge in [-0.25, -0.2) is 4.98 Å². The van der Waals surface area contributed by atoms with Crippen molar-refractivity contribution in [2.45, 2.75) is 12.5 Å². The molecule has 100 valence electrons. The Labute approximate surface area is 115 Å². The van der Waals surface area contributed by atoms with E-state index >= 15 is 0 Å². The zero-order chi connectivity index (χ0) is 13.1. The number of thiazole rings is 1. The van der Waals surface area contributed by atoms with Gasteiger partial charge in [0.1, 0.15) is 0 Å². The predicted octanol–water partition coefficient (Wildman–Crippen LogP) is 1.61. The Balaban J connectivity index is 1.47. The lowest BCUT2D eigenvalue weighted by atomic mass is 10.2. The number of nitrogens with one attached hydrogen (secondary N) is 2. The molecule has 0 aliphatic carbocycles. The number of benzene rings is 1. The fourth-order valence-corrected chi connectivity index (χ4v) is 2.74. The number of carbonyl (C=O) groups is 1. The van der Waals surface area contributed by atoms with Crippen molar-refractivity contribution in [1.29, 1.82) is 0 Å². The number of carbonyl (C=O) groups excluding carboxylic acids is 1. The number of nitrogens with zero attached hydrogens (tertiary/aromatic N) is 1. The van der Waals surface area contributed by atoms with Crippen molar-refractivity contribution < 1.29 is 9.53 Å². The van der Waals surface area contributed by atoms with Crippen molar-refractivity contribution in [2.75, 3.05) is 25.1 Å². The maximum atomic E-state index is 11.6. The number of aromatic nitrogens is 1. The minimum absolute atomic E-state index is 0.0573. The van der Waals surface area contributed by atoms with E-state index in [9.17, 15) is 4.79 Å². The number of fused-ring (bicyclic) bond motifs is 1. The van der Waals surface area contributed by atoms with Gasteiger partial charge in [-0.3, -0.25) is 4.79 Å². The van der Waals surface area contributed by atoms with Crippen molar-refractivity contribution in [3.63, 3.8) is 0 Å². The highest BCUT2D eigenvalue weighted by Gasteiger charge is 2.19. The molecule has 0 radical (unpaired) electrons. The third-order valence-electron chi connectivity index (χ3n) is 2.93. The second-order valence-corrected chi connectivity index (χ2v) is 5.50. The van der Waals surface area contributed by atoms with E-state index < -0.39 is 0 Å². The van der Waals surface area contributed by atoms with Crippen LogP contribution in [0, 0.1) is 0 Å². The zero-order valence-corrected chi connectivity index (χ0v) is 11.2. The van der Waals surface area contributed by atoms with E-state index in [-0.39, 0.29) is 11.9 Å². The van der Waals surface area contributed by atoms with E-state index in [1.807, 2.05) is 24.3 Å². The molecule has 6 heteroatoms. The van der Waals surface area contributed by atoms with E-state index in [0.717, 1.165) is 15.3 Å². The summed E-state index contributed by atoms with van der Waals surface area (Å²) >= 11 is 1.60. The maximum absolute atomic E-state index is 11.6. The second-order valence-electron chi connectivity index (χ2n) is 4.47. The number of ether oxygens (including phenoxy) is 1. The predicted molar refractivity (Wildman–Crippen MR) is 75.5 cm³/mol. The molecule has 1 aromatic heterocycles. The molecule has 1 aromatic carbocycles. The van der Waals surface area contributed by atoms with Gasteiger partial charge >= 0.3 is 0 Å². The van der Waals surface area contributed by atoms with Crippen LogP contribution >= 0.6 is 11.3 Å². The molecule has 1 aliphatic rings. The number of para-hydroxylation sites is 1. The standard InChI is InChI=1S/C13H15N3O2S/c17-12(15-9-7-18-8-9)5-6-14-13-16-10-3-1-2-4-11(10)19-13/h1-4,9H,5-8H2,(H,14,16)(H,15,17). The molecule has 1 fully saturated rings. The maximum Gasteiger partial charge on any atom is 0.222 e. The van der Waals surface area contributed by atoms with Gasteiger partial charge in [-0.1, -0.05) is 23.5 Å². The minimum Gasteiger partial charge on any atom is -0.377 e. The summed E-state index contributed by atoms with van der Waals surface area (Å²) in [6.45, 7) is 1.87. The van der Waals surface area contributed by atoms with Crippen LogP contribution in [-0.2, 0) is 9.53 Å². The van der Waals surface area contributed by atoms with Crippen LogP contribution in [0.2, 0.25) is 0 Å². The fourth-order valence-electron chi connectivity index (χ4n) is 1.85. The summed E-state index contributed by atoms with van der Waals surface area (Å²) in [6, 6.07) is 8.20. The summed E-state index contributed by atoms with van der Waals surface area (Å²) in [7, 11) is 0. The van der Waals surface area contributed by atoms with E-state index in [2.05, 4.69) is 15.6 Å². The van der Waals surface area contributed by atoms with Gasteiger partial charge in [-0.2, -0.15) is 0 Å². The summed E-state index contributed by atoms with van der Waals surface area (Å²) in [5, 5.41) is 6.96. The number of hydrogen-bond donors (Lipinski definition) is 2. The lowest BCUT2D eigenvalue weighted by Gasteiger charge is -2.26.